The van der Waals surface area contributed by atoms with Crippen LogP contribution in [0.2, 0.25) is 0 Å². The quantitative estimate of drug-likeness (QED) is 0.811. The maximum absolute atomic E-state index is 10.8. The average molecular weight is 358 g/mol. The normalized spacial score (nSPS) is 16.0. The Hall–Kier alpha value is -2.40. The van der Waals surface area contributed by atoms with Crippen LogP contribution in [0.25, 0.3) is 0 Å². The van der Waals surface area contributed by atoms with Gasteiger partial charge in [-0.3, -0.25) is 0 Å². The van der Waals surface area contributed by atoms with Crippen molar-refractivity contribution in [1.29, 1.82) is 0 Å². The number of aliphatic hydroxyl groups is 1. The molecule has 1 aliphatic rings. The summed E-state index contributed by atoms with van der Waals surface area (Å²) in [5.74, 6) is 3.21. The highest BCUT2D eigenvalue weighted by Gasteiger charge is 2.24. The molecule has 0 amide bonds. The van der Waals surface area contributed by atoms with Crippen LogP contribution in [0.5, 0.6) is 23.0 Å². The molecule has 0 saturated carbocycles. The van der Waals surface area contributed by atoms with Crippen LogP contribution in [0.3, 0.4) is 0 Å². The first-order valence-electron chi connectivity index (χ1n) is 8.82. The van der Waals surface area contributed by atoms with E-state index in [2.05, 4.69) is 19.9 Å². The number of hydrogen-bond acceptors (Lipinski definition) is 5. The predicted octanol–water partition coefficient (Wildman–Crippen LogP) is 3.98. The smallest absolute Gasteiger partial charge is 0.231 e. The van der Waals surface area contributed by atoms with Crippen molar-refractivity contribution in [3.8, 4) is 23.0 Å². The van der Waals surface area contributed by atoms with E-state index >= 15 is 0 Å². The van der Waals surface area contributed by atoms with Crippen molar-refractivity contribution >= 4 is 0 Å². The van der Waals surface area contributed by atoms with Crippen molar-refractivity contribution < 1.29 is 24.1 Å². The minimum absolute atomic E-state index is 0.0681. The number of benzene rings is 2. The molecule has 0 saturated heterocycles. The third kappa shape index (κ3) is 3.73. The number of hydrogen-bond donors (Lipinski definition) is 1. The minimum atomic E-state index is -0.584. The Morgan fingerprint density at radius 3 is 2.42 bits per heavy atom. The van der Waals surface area contributed by atoms with Gasteiger partial charge in [0.1, 0.15) is 0 Å². The molecule has 2 aromatic carbocycles. The van der Waals surface area contributed by atoms with E-state index in [1.54, 1.807) is 14.2 Å². The molecular formula is C21H26O5. The second kappa shape index (κ2) is 7.87. The SMILES string of the molecule is COc1ccc([C@H](O)[C@H](C)[C@H](C)Cc2ccc3c(c2)OCO3)cc1OC. The molecule has 0 radical (unpaired) electrons. The summed E-state index contributed by atoms with van der Waals surface area (Å²) in [4.78, 5) is 0. The zero-order valence-corrected chi connectivity index (χ0v) is 15.7. The van der Waals surface area contributed by atoms with Crippen molar-refractivity contribution in [2.45, 2.75) is 26.4 Å². The topological polar surface area (TPSA) is 57.2 Å². The molecule has 140 valence electrons. The van der Waals surface area contributed by atoms with Gasteiger partial charge in [-0.1, -0.05) is 26.0 Å². The van der Waals surface area contributed by atoms with Crippen molar-refractivity contribution in [2.24, 2.45) is 11.8 Å². The van der Waals surface area contributed by atoms with Crippen LogP contribution in [0.15, 0.2) is 36.4 Å². The van der Waals surface area contributed by atoms with E-state index in [9.17, 15) is 5.11 Å². The second-order valence-electron chi connectivity index (χ2n) is 6.79. The fourth-order valence-corrected chi connectivity index (χ4v) is 3.28. The molecule has 1 aliphatic heterocycles. The largest absolute Gasteiger partial charge is 0.493 e. The van der Waals surface area contributed by atoms with Crippen molar-refractivity contribution in [1.82, 2.24) is 0 Å². The van der Waals surface area contributed by atoms with E-state index < -0.39 is 6.10 Å². The maximum Gasteiger partial charge on any atom is 0.231 e. The Kier molecular flexibility index (Phi) is 5.57. The van der Waals surface area contributed by atoms with Gasteiger partial charge in [0.15, 0.2) is 23.0 Å². The summed E-state index contributed by atoms with van der Waals surface area (Å²) in [6, 6.07) is 11.6. The average Bonchev–Trinajstić information content (AvgIpc) is 3.13. The molecule has 1 heterocycles. The van der Waals surface area contributed by atoms with Crippen LogP contribution in [0.4, 0.5) is 0 Å². The lowest BCUT2D eigenvalue weighted by Crippen LogP contribution is -2.19. The molecule has 0 spiro atoms. The van der Waals surface area contributed by atoms with Crippen molar-refractivity contribution in [3.05, 3.63) is 47.5 Å². The molecule has 3 atom stereocenters. The molecule has 5 nitrogen and oxygen atoms in total. The van der Waals surface area contributed by atoms with Crippen LogP contribution in [0, 0.1) is 11.8 Å². The van der Waals surface area contributed by atoms with E-state index in [0.29, 0.717) is 11.5 Å². The van der Waals surface area contributed by atoms with Crippen LogP contribution >= 0.6 is 0 Å². The van der Waals surface area contributed by atoms with Gasteiger partial charge in [0.25, 0.3) is 0 Å². The predicted molar refractivity (Wildman–Crippen MR) is 99.1 cm³/mol. The molecule has 0 fully saturated rings. The molecule has 5 heteroatoms. The fraction of sp³-hybridized carbons (Fsp3) is 0.429. The summed E-state index contributed by atoms with van der Waals surface area (Å²) in [5, 5.41) is 10.8. The summed E-state index contributed by atoms with van der Waals surface area (Å²) in [6.07, 6.45) is 0.265. The lowest BCUT2D eigenvalue weighted by molar-refractivity contribution is 0.0869. The lowest BCUT2D eigenvalue weighted by Gasteiger charge is -2.26. The van der Waals surface area contributed by atoms with Crippen LogP contribution in [-0.2, 0) is 6.42 Å². The molecule has 0 aliphatic carbocycles. The Balaban J connectivity index is 1.70. The van der Waals surface area contributed by atoms with Gasteiger partial charge >= 0.3 is 0 Å². The van der Waals surface area contributed by atoms with Gasteiger partial charge in [0.05, 0.1) is 20.3 Å². The molecular weight excluding hydrogens is 332 g/mol. The molecule has 1 N–H and O–H groups in total. The summed E-state index contributed by atoms with van der Waals surface area (Å²) < 4.78 is 21.4. The summed E-state index contributed by atoms with van der Waals surface area (Å²) in [7, 11) is 3.20. The Morgan fingerprint density at radius 2 is 1.69 bits per heavy atom. The Labute approximate surface area is 154 Å². The van der Waals surface area contributed by atoms with Gasteiger partial charge < -0.3 is 24.1 Å². The van der Waals surface area contributed by atoms with Crippen LogP contribution < -0.4 is 18.9 Å². The lowest BCUT2D eigenvalue weighted by atomic mass is 9.83. The summed E-state index contributed by atoms with van der Waals surface area (Å²) >= 11 is 0. The third-order valence-electron chi connectivity index (χ3n) is 5.14. The Morgan fingerprint density at radius 1 is 0.962 bits per heavy atom. The fourth-order valence-electron chi connectivity index (χ4n) is 3.28. The van der Waals surface area contributed by atoms with Gasteiger partial charge in [-0.05, 0) is 53.6 Å². The first-order valence-corrected chi connectivity index (χ1v) is 8.82. The van der Waals surface area contributed by atoms with E-state index in [1.807, 2.05) is 30.3 Å². The van der Waals surface area contributed by atoms with Gasteiger partial charge in [0, 0.05) is 0 Å². The Bertz CT molecular complexity index is 758. The van der Waals surface area contributed by atoms with Crippen LogP contribution in [-0.4, -0.2) is 26.1 Å². The monoisotopic (exact) mass is 358 g/mol. The van der Waals surface area contributed by atoms with Gasteiger partial charge in [0.2, 0.25) is 6.79 Å². The van der Waals surface area contributed by atoms with Crippen LogP contribution in [0.1, 0.15) is 31.1 Å². The molecule has 0 aromatic heterocycles. The zero-order valence-electron chi connectivity index (χ0n) is 15.7. The highest BCUT2D eigenvalue weighted by Crippen LogP contribution is 2.37. The maximum atomic E-state index is 10.8. The van der Waals surface area contributed by atoms with E-state index in [4.69, 9.17) is 18.9 Å². The molecule has 26 heavy (non-hydrogen) atoms. The zero-order chi connectivity index (χ0) is 18.7. The first-order chi connectivity index (χ1) is 12.5. The standard InChI is InChI=1S/C21H26O5/c1-13(9-15-5-7-18-20(10-15)26-12-25-18)14(2)21(22)16-6-8-17(23-3)19(11-16)24-4/h5-8,10-11,13-14,21-22H,9,12H2,1-4H3/t13-,14-,21-/m1/s1. The van der Waals surface area contributed by atoms with Crippen molar-refractivity contribution in [2.75, 3.05) is 21.0 Å². The molecule has 0 unspecified atom stereocenters. The van der Waals surface area contributed by atoms with Gasteiger partial charge in [-0.15, -0.1) is 0 Å². The minimum Gasteiger partial charge on any atom is -0.493 e. The number of ether oxygens (including phenoxy) is 4. The number of rotatable bonds is 7. The summed E-state index contributed by atoms with van der Waals surface area (Å²) in [6.45, 7) is 4.50. The van der Waals surface area contributed by atoms with E-state index in [-0.39, 0.29) is 18.6 Å². The molecule has 3 rings (SSSR count). The third-order valence-corrected chi connectivity index (χ3v) is 5.14. The number of methoxy groups -OCH3 is 2. The molecule has 2 aromatic rings. The van der Waals surface area contributed by atoms with Gasteiger partial charge in [-0.2, -0.15) is 0 Å². The number of aliphatic hydroxyl groups excluding tert-OH is 1. The second-order valence-corrected chi connectivity index (χ2v) is 6.79. The first kappa shape index (κ1) is 18.4. The van der Waals surface area contributed by atoms with E-state index in [0.717, 1.165) is 23.5 Å². The molecule has 0 bridgehead atoms. The summed E-state index contributed by atoms with van der Waals surface area (Å²) in [5.41, 5.74) is 2.00. The van der Waals surface area contributed by atoms with E-state index in [1.165, 1.54) is 5.56 Å². The highest BCUT2D eigenvalue weighted by molar-refractivity contribution is 5.45. The number of fused-ring (bicyclic) bond motifs is 1. The van der Waals surface area contributed by atoms with Crippen molar-refractivity contribution in [3.63, 3.8) is 0 Å². The highest BCUT2D eigenvalue weighted by atomic mass is 16.7. The van der Waals surface area contributed by atoms with Gasteiger partial charge in [-0.25, -0.2) is 0 Å².